The Morgan fingerprint density at radius 1 is 1.03 bits per heavy atom. The molecule has 0 saturated carbocycles. The molecule has 0 radical (unpaired) electrons. The molecule has 2 N–H and O–H groups in total. The Morgan fingerprint density at radius 2 is 1.64 bits per heavy atom. The lowest BCUT2D eigenvalue weighted by molar-refractivity contribution is -0.132. The number of amides is 2. The minimum absolute atomic E-state index is 0.0862. The molecule has 2 aromatic carbocycles. The van der Waals surface area contributed by atoms with Crippen molar-refractivity contribution in [1.29, 1.82) is 0 Å². The summed E-state index contributed by atoms with van der Waals surface area (Å²) in [4.78, 5) is 26.1. The van der Waals surface area contributed by atoms with E-state index in [1.54, 1.807) is 31.4 Å². The molecule has 0 aromatic heterocycles. The summed E-state index contributed by atoms with van der Waals surface area (Å²) in [5.41, 5.74) is 2.07. The van der Waals surface area contributed by atoms with Gasteiger partial charge >= 0.3 is 0 Å². The van der Waals surface area contributed by atoms with Crippen molar-refractivity contribution in [1.82, 2.24) is 14.9 Å². The minimum atomic E-state index is -3.58. The molecule has 3 rings (SSSR count). The van der Waals surface area contributed by atoms with Crippen LogP contribution in [0.3, 0.4) is 0 Å². The first-order valence-electron chi connectivity index (χ1n) is 12.4. The molecule has 1 unspecified atom stereocenters. The van der Waals surface area contributed by atoms with Crippen molar-refractivity contribution in [2.24, 2.45) is 11.8 Å². The van der Waals surface area contributed by atoms with Crippen LogP contribution in [0.1, 0.15) is 37.8 Å². The molecular formula is C27H37N3O5S. The lowest BCUT2D eigenvalue weighted by Crippen LogP contribution is -2.52. The van der Waals surface area contributed by atoms with Crippen LogP contribution >= 0.6 is 0 Å². The first-order valence-corrected chi connectivity index (χ1v) is 13.8. The van der Waals surface area contributed by atoms with E-state index in [0.717, 1.165) is 16.9 Å². The lowest BCUT2D eigenvalue weighted by Gasteiger charge is -2.32. The molecule has 2 amide bonds. The summed E-state index contributed by atoms with van der Waals surface area (Å²) in [5.74, 6) is -0.0543. The van der Waals surface area contributed by atoms with Gasteiger partial charge in [0.25, 0.3) is 0 Å². The highest BCUT2D eigenvalue weighted by atomic mass is 32.2. The van der Waals surface area contributed by atoms with E-state index >= 15 is 0 Å². The predicted molar refractivity (Wildman–Crippen MR) is 139 cm³/mol. The third kappa shape index (κ3) is 7.07. The van der Waals surface area contributed by atoms with Crippen molar-refractivity contribution in [3.8, 4) is 5.75 Å². The normalized spacial score (nSPS) is 15.9. The lowest BCUT2D eigenvalue weighted by atomic mass is 9.95. The molecule has 196 valence electrons. The van der Waals surface area contributed by atoms with Gasteiger partial charge in [-0.1, -0.05) is 43.7 Å². The van der Waals surface area contributed by atoms with Crippen molar-refractivity contribution >= 4 is 21.8 Å². The van der Waals surface area contributed by atoms with Crippen LogP contribution in [0.5, 0.6) is 5.75 Å². The maximum absolute atomic E-state index is 13.0. The number of benzene rings is 2. The number of sulfonamides is 1. The van der Waals surface area contributed by atoms with Gasteiger partial charge in [-0.05, 0) is 61.9 Å². The number of nitrogens with zero attached hydrogens (tertiary/aromatic N) is 1. The van der Waals surface area contributed by atoms with Gasteiger partial charge in [0.05, 0.1) is 12.0 Å². The van der Waals surface area contributed by atoms with Crippen LogP contribution < -0.4 is 15.4 Å². The molecule has 1 atom stereocenters. The molecule has 1 aliphatic heterocycles. The van der Waals surface area contributed by atoms with Crippen molar-refractivity contribution < 1.29 is 22.7 Å². The first-order chi connectivity index (χ1) is 17.1. The average Bonchev–Trinajstić information content (AvgIpc) is 2.87. The summed E-state index contributed by atoms with van der Waals surface area (Å²) in [6.45, 7) is 6.70. The van der Waals surface area contributed by atoms with Gasteiger partial charge in [0.2, 0.25) is 21.8 Å². The quantitative estimate of drug-likeness (QED) is 0.506. The number of ether oxygens (including phenoxy) is 1. The van der Waals surface area contributed by atoms with Gasteiger partial charge in [0.15, 0.2) is 0 Å². The van der Waals surface area contributed by atoms with Gasteiger partial charge < -0.3 is 15.4 Å². The molecule has 1 aliphatic rings. The fourth-order valence-corrected chi connectivity index (χ4v) is 5.73. The molecule has 36 heavy (non-hydrogen) atoms. The van der Waals surface area contributed by atoms with Crippen LogP contribution in [0.15, 0.2) is 53.4 Å². The SMILES string of the molecule is COc1ccc(CCNC(=O)C(NC(=O)C2CCN(S(=O)(=O)c3ccc(C)cc3)CC2)C(C)C)cc1. The molecule has 0 spiro atoms. The predicted octanol–water partition coefficient (Wildman–Crippen LogP) is 2.90. The van der Waals surface area contributed by atoms with Crippen LogP contribution in [0.4, 0.5) is 0 Å². The number of rotatable bonds is 10. The van der Waals surface area contributed by atoms with E-state index in [1.165, 1.54) is 4.31 Å². The molecule has 1 fully saturated rings. The number of methoxy groups -OCH3 is 1. The van der Waals surface area contributed by atoms with E-state index in [9.17, 15) is 18.0 Å². The van der Waals surface area contributed by atoms with Gasteiger partial charge in [-0.25, -0.2) is 8.42 Å². The first kappa shape index (κ1) is 27.7. The Balaban J connectivity index is 1.50. The van der Waals surface area contributed by atoms with E-state index in [1.807, 2.05) is 45.0 Å². The number of piperidine rings is 1. The fraction of sp³-hybridized carbons (Fsp3) is 0.481. The third-order valence-electron chi connectivity index (χ3n) is 6.60. The highest BCUT2D eigenvalue weighted by Crippen LogP contribution is 2.24. The third-order valence-corrected chi connectivity index (χ3v) is 8.52. The van der Waals surface area contributed by atoms with Gasteiger partial charge in [-0.2, -0.15) is 4.31 Å². The van der Waals surface area contributed by atoms with Crippen molar-refractivity contribution in [2.45, 2.75) is 51.0 Å². The second-order valence-corrected chi connectivity index (χ2v) is 11.5. The summed E-state index contributed by atoms with van der Waals surface area (Å²) in [7, 11) is -1.97. The van der Waals surface area contributed by atoms with Crippen molar-refractivity contribution in [2.75, 3.05) is 26.7 Å². The van der Waals surface area contributed by atoms with Crippen LogP contribution in [-0.2, 0) is 26.0 Å². The monoisotopic (exact) mass is 515 g/mol. The Hall–Kier alpha value is -2.91. The summed E-state index contributed by atoms with van der Waals surface area (Å²) in [6.07, 6.45) is 1.50. The van der Waals surface area contributed by atoms with Gasteiger partial charge in [0.1, 0.15) is 11.8 Å². The number of carbonyl (C=O) groups is 2. The molecule has 2 aromatic rings. The van der Waals surface area contributed by atoms with Gasteiger partial charge in [-0.3, -0.25) is 9.59 Å². The van der Waals surface area contributed by atoms with Crippen molar-refractivity contribution in [3.05, 3.63) is 59.7 Å². The van der Waals surface area contributed by atoms with E-state index in [4.69, 9.17) is 4.74 Å². The Labute approximate surface area is 214 Å². The van der Waals surface area contributed by atoms with Gasteiger partial charge in [-0.15, -0.1) is 0 Å². The molecule has 1 saturated heterocycles. The molecule has 8 nitrogen and oxygen atoms in total. The van der Waals surface area contributed by atoms with E-state index in [-0.39, 0.29) is 41.6 Å². The van der Waals surface area contributed by atoms with Crippen LogP contribution in [0.2, 0.25) is 0 Å². The smallest absolute Gasteiger partial charge is 0.243 e. The largest absolute Gasteiger partial charge is 0.497 e. The number of hydrogen-bond acceptors (Lipinski definition) is 5. The Kier molecular flexibility index (Phi) is 9.50. The molecule has 0 aliphatic carbocycles. The van der Waals surface area contributed by atoms with Crippen LogP contribution in [0.25, 0.3) is 0 Å². The van der Waals surface area contributed by atoms with Crippen molar-refractivity contribution in [3.63, 3.8) is 0 Å². The second kappa shape index (κ2) is 12.4. The standard InChI is InChI=1S/C27H37N3O5S/c1-19(2)25(27(32)28-16-13-21-7-9-23(35-4)10-8-21)29-26(31)22-14-17-30(18-15-22)36(33,34)24-11-5-20(3)6-12-24/h5-12,19,22,25H,13-18H2,1-4H3,(H,28,32)(H,29,31). The number of nitrogens with one attached hydrogen (secondary N) is 2. The number of aryl methyl sites for hydroxylation is 1. The van der Waals surface area contributed by atoms with E-state index < -0.39 is 16.1 Å². The maximum Gasteiger partial charge on any atom is 0.243 e. The summed E-state index contributed by atoms with van der Waals surface area (Å²) in [5, 5.41) is 5.83. The zero-order chi connectivity index (χ0) is 26.3. The highest BCUT2D eigenvalue weighted by molar-refractivity contribution is 7.89. The van der Waals surface area contributed by atoms with E-state index in [2.05, 4.69) is 10.6 Å². The second-order valence-electron chi connectivity index (χ2n) is 9.61. The highest BCUT2D eigenvalue weighted by Gasteiger charge is 2.34. The summed E-state index contributed by atoms with van der Waals surface area (Å²) >= 11 is 0. The van der Waals surface area contributed by atoms with E-state index in [0.29, 0.717) is 25.8 Å². The fourth-order valence-electron chi connectivity index (χ4n) is 4.26. The number of carbonyl (C=O) groups excluding carboxylic acids is 2. The molecule has 9 heteroatoms. The maximum atomic E-state index is 13.0. The molecule has 0 bridgehead atoms. The van der Waals surface area contributed by atoms with Gasteiger partial charge in [0, 0.05) is 25.6 Å². The summed E-state index contributed by atoms with van der Waals surface area (Å²) in [6, 6.07) is 13.8. The zero-order valence-electron chi connectivity index (χ0n) is 21.5. The zero-order valence-corrected chi connectivity index (χ0v) is 22.3. The molecular weight excluding hydrogens is 478 g/mol. The average molecular weight is 516 g/mol. The van der Waals surface area contributed by atoms with Crippen LogP contribution in [0, 0.1) is 18.8 Å². The van der Waals surface area contributed by atoms with Crippen LogP contribution in [-0.4, -0.2) is 57.3 Å². The Bertz CT molecular complexity index is 1120. The topological polar surface area (TPSA) is 105 Å². The minimum Gasteiger partial charge on any atom is -0.497 e. The Morgan fingerprint density at radius 3 is 2.19 bits per heavy atom. The molecule has 1 heterocycles. The number of hydrogen-bond donors (Lipinski definition) is 2. The summed E-state index contributed by atoms with van der Waals surface area (Å²) < 4.78 is 32.5.